The third kappa shape index (κ3) is 2.54. The average molecular weight is 247 g/mol. The van der Waals surface area contributed by atoms with Crippen LogP contribution in [0.25, 0.3) is 11.0 Å². The Hall–Kier alpha value is -1.39. The van der Waals surface area contributed by atoms with E-state index in [2.05, 4.69) is 36.7 Å². The second kappa shape index (κ2) is 5.50. The maximum absolute atomic E-state index is 5.65. The average Bonchev–Trinajstić information content (AvgIpc) is 2.66. The molecule has 0 bridgehead atoms. The number of nitrogens with zero attached hydrogens (tertiary/aromatic N) is 2. The zero-order chi connectivity index (χ0) is 13.1. The fourth-order valence-electron chi connectivity index (χ4n) is 2.26. The Morgan fingerprint density at radius 3 is 2.89 bits per heavy atom. The van der Waals surface area contributed by atoms with Gasteiger partial charge in [0.1, 0.15) is 5.82 Å². The number of hydrogen-bond donors (Lipinski definition) is 1. The van der Waals surface area contributed by atoms with Gasteiger partial charge in [0.2, 0.25) is 0 Å². The van der Waals surface area contributed by atoms with Crippen molar-refractivity contribution in [2.45, 2.75) is 19.9 Å². The molecule has 1 atom stereocenters. The molecule has 0 aliphatic carbocycles. The third-order valence-electron chi connectivity index (χ3n) is 3.26. The SMILES string of the molecule is COCC(C)Cc1nc2cc(CN)ccc2n1C. The lowest BCUT2D eigenvalue weighted by atomic mass is 10.1. The van der Waals surface area contributed by atoms with Gasteiger partial charge in [0.25, 0.3) is 0 Å². The van der Waals surface area contributed by atoms with Crippen LogP contribution in [-0.4, -0.2) is 23.3 Å². The minimum absolute atomic E-state index is 0.472. The predicted molar refractivity (Wildman–Crippen MR) is 73.3 cm³/mol. The molecule has 4 heteroatoms. The van der Waals surface area contributed by atoms with Gasteiger partial charge in [-0.3, -0.25) is 0 Å². The van der Waals surface area contributed by atoms with Crippen LogP contribution in [0.2, 0.25) is 0 Å². The summed E-state index contributed by atoms with van der Waals surface area (Å²) in [5.41, 5.74) is 8.96. The Balaban J connectivity index is 2.31. The fraction of sp³-hybridized carbons (Fsp3) is 0.500. The molecule has 0 aliphatic heterocycles. The largest absolute Gasteiger partial charge is 0.384 e. The molecule has 4 nitrogen and oxygen atoms in total. The molecule has 0 saturated heterocycles. The first kappa shape index (κ1) is 13.1. The molecule has 2 aromatic rings. The van der Waals surface area contributed by atoms with Gasteiger partial charge in [0.15, 0.2) is 0 Å². The molecule has 18 heavy (non-hydrogen) atoms. The molecule has 0 aliphatic rings. The van der Waals surface area contributed by atoms with E-state index in [1.807, 2.05) is 0 Å². The van der Waals surface area contributed by atoms with Crippen molar-refractivity contribution in [3.05, 3.63) is 29.6 Å². The van der Waals surface area contributed by atoms with Crippen molar-refractivity contribution in [3.8, 4) is 0 Å². The number of nitrogens with two attached hydrogens (primary N) is 1. The highest BCUT2D eigenvalue weighted by atomic mass is 16.5. The molecule has 0 spiro atoms. The van der Waals surface area contributed by atoms with Crippen LogP contribution < -0.4 is 5.73 Å². The van der Waals surface area contributed by atoms with Crippen molar-refractivity contribution in [1.29, 1.82) is 0 Å². The van der Waals surface area contributed by atoms with Crippen molar-refractivity contribution in [3.63, 3.8) is 0 Å². The summed E-state index contributed by atoms with van der Waals surface area (Å²) in [7, 11) is 3.80. The Bertz CT molecular complexity index is 533. The summed E-state index contributed by atoms with van der Waals surface area (Å²) >= 11 is 0. The van der Waals surface area contributed by atoms with Crippen molar-refractivity contribution in [2.24, 2.45) is 18.7 Å². The third-order valence-corrected chi connectivity index (χ3v) is 3.26. The number of aryl methyl sites for hydroxylation is 1. The lowest BCUT2D eigenvalue weighted by Crippen LogP contribution is -2.10. The van der Waals surface area contributed by atoms with Gasteiger partial charge in [-0.05, 0) is 23.6 Å². The van der Waals surface area contributed by atoms with E-state index >= 15 is 0 Å². The van der Waals surface area contributed by atoms with Gasteiger partial charge < -0.3 is 15.0 Å². The van der Waals surface area contributed by atoms with Gasteiger partial charge in [0, 0.05) is 33.7 Å². The van der Waals surface area contributed by atoms with E-state index in [1.165, 1.54) is 0 Å². The van der Waals surface area contributed by atoms with Crippen molar-refractivity contribution in [1.82, 2.24) is 9.55 Å². The van der Waals surface area contributed by atoms with Gasteiger partial charge in [-0.15, -0.1) is 0 Å². The minimum Gasteiger partial charge on any atom is -0.384 e. The molecule has 2 rings (SSSR count). The molecule has 0 saturated carbocycles. The molecule has 1 aromatic carbocycles. The highest BCUT2D eigenvalue weighted by molar-refractivity contribution is 5.76. The number of fused-ring (bicyclic) bond motifs is 1. The van der Waals surface area contributed by atoms with Crippen LogP contribution in [0.3, 0.4) is 0 Å². The van der Waals surface area contributed by atoms with Crippen LogP contribution in [0.4, 0.5) is 0 Å². The van der Waals surface area contributed by atoms with Crippen molar-refractivity contribution < 1.29 is 4.74 Å². The second-order valence-electron chi connectivity index (χ2n) is 4.88. The van der Waals surface area contributed by atoms with Crippen LogP contribution >= 0.6 is 0 Å². The molecular weight excluding hydrogens is 226 g/mol. The topological polar surface area (TPSA) is 53.1 Å². The monoisotopic (exact) mass is 247 g/mol. The summed E-state index contributed by atoms with van der Waals surface area (Å²) in [6.45, 7) is 3.49. The predicted octanol–water partition coefficient (Wildman–Crippen LogP) is 1.86. The normalized spacial score (nSPS) is 13.1. The number of ether oxygens (including phenoxy) is 1. The summed E-state index contributed by atoms with van der Waals surface area (Å²) < 4.78 is 7.33. The molecule has 1 aromatic heterocycles. The van der Waals surface area contributed by atoms with Crippen LogP contribution in [0.1, 0.15) is 18.3 Å². The number of aromatic nitrogens is 2. The van der Waals surface area contributed by atoms with Crippen LogP contribution in [-0.2, 0) is 24.8 Å². The maximum Gasteiger partial charge on any atom is 0.109 e. The van der Waals surface area contributed by atoms with E-state index in [1.54, 1.807) is 7.11 Å². The number of rotatable bonds is 5. The summed E-state index contributed by atoms with van der Waals surface area (Å²) in [4.78, 5) is 4.69. The van der Waals surface area contributed by atoms with Gasteiger partial charge in [-0.1, -0.05) is 13.0 Å². The van der Waals surface area contributed by atoms with Crippen LogP contribution in [0, 0.1) is 5.92 Å². The lowest BCUT2D eigenvalue weighted by molar-refractivity contribution is 0.158. The number of benzene rings is 1. The molecule has 1 heterocycles. The summed E-state index contributed by atoms with van der Waals surface area (Å²) in [5.74, 6) is 1.57. The summed E-state index contributed by atoms with van der Waals surface area (Å²) in [6.07, 6.45) is 0.928. The van der Waals surface area contributed by atoms with E-state index < -0.39 is 0 Å². The minimum atomic E-state index is 0.472. The molecular formula is C14H21N3O. The Kier molecular flexibility index (Phi) is 3.99. The van der Waals surface area contributed by atoms with E-state index in [-0.39, 0.29) is 0 Å². The van der Waals surface area contributed by atoms with Crippen LogP contribution in [0.15, 0.2) is 18.2 Å². The van der Waals surface area contributed by atoms with Gasteiger partial charge in [-0.25, -0.2) is 4.98 Å². The molecule has 0 amide bonds. The Morgan fingerprint density at radius 2 is 2.22 bits per heavy atom. The van der Waals surface area contributed by atoms with Gasteiger partial charge in [-0.2, -0.15) is 0 Å². The van der Waals surface area contributed by atoms with E-state index in [4.69, 9.17) is 15.5 Å². The van der Waals surface area contributed by atoms with E-state index in [0.29, 0.717) is 12.5 Å². The summed E-state index contributed by atoms with van der Waals surface area (Å²) in [5, 5.41) is 0. The zero-order valence-corrected chi connectivity index (χ0v) is 11.3. The van der Waals surface area contributed by atoms with E-state index in [0.717, 1.165) is 35.4 Å². The van der Waals surface area contributed by atoms with Crippen molar-refractivity contribution in [2.75, 3.05) is 13.7 Å². The number of imidazole rings is 1. The first-order valence-electron chi connectivity index (χ1n) is 6.29. The Morgan fingerprint density at radius 1 is 1.44 bits per heavy atom. The highest BCUT2D eigenvalue weighted by Crippen LogP contribution is 2.18. The molecule has 98 valence electrons. The highest BCUT2D eigenvalue weighted by Gasteiger charge is 2.11. The van der Waals surface area contributed by atoms with Crippen molar-refractivity contribution >= 4 is 11.0 Å². The Labute approximate surface area is 108 Å². The first-order chi connectivity index (χ1) is 8.65. The van der Waals surface area contributed by atoms with Gasteiger partial charge in [0.05, 0.1) is 11.0 Å². The van der Waals surface area contributed by atoms with Crippen LogP contribution in [0.5, 0.6) is 0 Å². The summed E-state index contributed by atoms with van der Waals surface area (Å²) in [6, 6.07) is 6.22. The standard InChI is InChI=1S/C14H21N3O/c1-10(9-18-3)6-14-16-12-7-11(8-15)4-5-13(12)17(14)2/h4-5,7,10H,6,8-9,15H2,1-3H3. The van der Waals surface area contributed by atoms with E-state index in [9.17, 15) is 0 Å². The maximum atomic E-state index is 5.65. The molecule has 0 radical (unpaired) electrons. The lowest BCUT2D eigenvalue weighted by Gasteiger charge is -2.09. The molecule has 0 fully saturated rings. The smallest absolute Gasteiger partial charge is 0.109 e. The van der Waals surface area contributed by atoms with Gasteiger partial charge >= 0.3 is 0 Å². The molecule has 1 unspecified atom stereocenters. The second-order valence-corrected chi connectivity index (χ2v) is 4.88. The fourth-order valence-corrected chi connectivity index (χ4v) is 2.26. The first-order valence-corrected chi connectivity index (χ1v) is 6.29. The quantitative estimate of drug-likeness (QED) is 0.877. The molecule has 2 N–H and O–H groups in total. The number of methoxy groups -OCH3 is 1. The zero-order valence-electron chi connectivity index (χ0n) is 11.3. The number of hydrogen-bond acceptors (Lipinski definition) is 3.